The molecule has 2 N–H and O–H groups in total. The number of imidazole rings is 1. The van der Waals surface area contributed by atoms with Gasteiger partial charge in [-0.15, -0.1) is 0 Å². The van der Waals surface area contributed by atoms with Gasteiger partial charge in [0.15, 0.2) is 5.65 Å². The highest BCUT2D eigenvalue weighted by Crippen LogP contribution is 2.17. The molecule has 0 aliphatic rings. The number of nitrogen functional groups attached to an aromatic ring is 1. The lowest BCUT2D eigenvalue weighted by Crippen LogP contribution is -2.14. The molecule has 2 aromatic rings. The summed E-state index contributed by atoms with van der Waals surface area (Å²) < 4.78 is 2.01. The van der Waals surface area contributed by atoms with Crippen LogP contribution in [-0.2, 0) is 6.54 Å². The first kappa shape index (κ1) is 12.8. The van der Waals surface area contributed by atoms with Crippen LogP contribution in [0, 0.1) is 6.92 Å². The van der Waals surface area contributed by atoms with Crippen molar-refractivity contribution in [2.75, 3.05) is 26.4 Å². The third-order valence-electron chi connectivity index (χ3n) is 3.00. The van der Waals surface area contributed by atoms with Crippen molar-refractivity contribution in [1.82, 2.24) is 19.4 Å². The molecule has 2 heterocycles. The lowest BCUT2D eigenvalue weighted by atomic mass is 10.3. The maximum atomic E-state index is 5.95. The van der Waals surface area contributed by atoms with Crippen LogP contribution in [0.15, 0.2) is 12.1 Å². The summed E-state index contributed by atoms with van der Waals surface area (Å²) >= 11 is 0. The number of fused-ring (bicyclic) bond motifs is 1. The normalized spacial score (nSPS) is 11.6. The summed E-state index contributed by atoms with van der Waals surface area (Å²) in [5, 5.41) is 0. The second-order valence-electron chi connectivity index (χ2n) is 4.93. The van der Waals surface area contributed by atoms with Gasteiger partial charge in [-0.25, -0.2) is 9.97 Å². The van der Waals surface area contributed by atoms with Crippen LogP contribution >= 0.6 is 0 Å². The van der Waals surface area contributed by atoms with Gasteiger partial charge in [0.1, 0.15) is 5.52 Å². The molecule has 0 aliphatic carbocycles. The predicted octanol–water partition coefficient (Wildman–Crippen LogP) is 1.66. The van der Waals surface area contributed by atoms with Gasteiger partial charge in [0, 0.05) is 12.2 Å². The van der Waals surface area contributed by atoms with E-state index in [0.717, 1.165) is 42.8 Å². The molecule has 0 atom stereocenters. The third kappa shape index (κ3) is 2.79. The molecule has 0 saturated carbocycles. The van der Waals surface area contributed by atoms with Crippen molar-refractivity contribution in [3.8, 4) is 0 Å². The van der Waals surface area contributed by atoms with Gasteiger partial charge in [0.25, 0.3) is 0 Å². The van der Waals surface area contributed by atoms with Crippen LogP contribution in [0.4, 0.5) is 5.95 Å². The van der Waals surface area contributed by atoms with Gasteiger partial charge in [-0.3, -0.25) is 4.57 Å². The number of anilines is 1. The first-order valence-corrected chi connectivity index (χ1v) is 6.32. The Hall–Kier alpha value is -1.62. The van der Waals surface area contributed by atoms with E-state index >= 15 is 0 Å². The minimum absolute atomic E-state index is 0.563. The van der Waals surface area contributed by atoms with Gasteiger partial charge in [0.2, 0.25) is 5.95 Å². The largest absolute Gasteiger partial charge is 0.369 e. The number of pyridine rings is 1. The highest BCUT2D eigenvalue weighted by atomic mass is 15.2. The minimum atomic E-state index is 0.563. The molecule has 5 nitrogen and oxygen atoms in total. The maximum Gasteiger partial charge on any atom is 0.202 e. The lowest BCUT2D eigenvalue weighted by molar-refractivity contribution is 0.388. The molecule has 5 heteroatoms. The molecule has 0 aliphatic heterocycles. The molecule has 2 aromatic heterocycles. The van der Waals surface area contributed by atoms with Crippen LogP contribution < -0.4 is 5.73 Å². The number of hydrogen-bond acceptors (Lipinski definition) is 4. The highest BCUT2D eigenvalue weighted by molar-refractivity contribution is 5.74. The third-order valence-corrected chi connectivity index (χ3v) is 3.00. The number of unbranched alkanes of at least 4 members (excludes halogenated alkanes) is 1. The maximum absolute atomic E-state index is 5.95. The minimum Gasteiger partial charge on any atom is -0.369 e. The first-order chi connectivity index (χ1) is 8.58. The van der Waals surface area contributed by atoms with Crippen molar-refractivity contribution in [3.63, 3.8) is 0 Å². The zero-order chi connectivity index (χ0) is 13.1. The topological polar surface area (TPSA) is 60.0 Å². The first-order valence-electron chi connectivity index (χ1n) is 6.32. The Bertz CT molecular complexity index is 529. The molecular weight excluding hydrogens is 226 g/mol. The molecule has 2 rings (SSSR count). The van der Waals surface area contributed by atoms with Crippen LogP contribution in [0.25, 0.3) is 11.2 Å². The molecule has 0 amide bonds. The van der Waals surface area contributed by atoms with E-state index in [0.29, 0.717) is 5.95 Å². The fraction of sp³-hybridized carbons (Fsp3) is 0.538. The molecule has 0 bridgehead atoms. The van der Waals surface area contributed by atoms with Crippen LogP contribution in [0.2, 0.25) is 0 Å². The van der Waals surface area contributed by atoms with E-state index in [2.05, 4.69) is 29.0 Å². The highest BCUT2D eigenvalue weighted by Gasteiger charge is 2.09. The van der Waals surface area contributed by atoms with E-state index in [1.807, 2.05) is 23.6 Å². The second-order valence-corrected chi connectivity index (χ2v) is 4.93. The molecule has 0 radical (unpaired) electrons. The monoisotopic (exact) mass is 247 g/mol. The average Bonchev–Trinajstić information content (AvgIpc) is 2.60. The summed E-state index contributed by atoms with van der Waals surface area (Å²) in [6, 6.07) is 3.94. The fourth-order valence-electron chi connectivity index (χ4n) is 2.03. The molecule has 0 unspecified atom stereocenters. The van der Waals surface area contributed by atoms with Crippen molar-refractivity contribution < 1.29 is 0 Å². The summed E-state index contributed by atoms with van der Waals surface area (Å²) in [5.41, 5.74) is 8.72. The molecule has 0 spiro atoms. The van der Waals surface area contributed by atoms with E-state index in [1.165, 1.54) is 0 Å². The van der Waals surface area contributed by atoms with E-state index < -0.39 is 0 Å². The quantitative estimate of drug-likeness (QED) is 0.816. The van der Waals surface area contributed by atoms with Gasteiger partial charge in [-0.2, -0.15) is 0 Å². The number of nitrogens with two attached hydrogens (primary N) is 1. The van der Waals surface area contributed by atoms with E-state index in [9.17, 15) is 0 Å². The van der Waals surface area contributed by atoms with Crippen molar-refractivity contribution in [1.29, 1.82) is 0 Å². The molecule has 0 fully saturated rings. The van der Waals surface area contributed by atoms with E-state index in [-0.39, 0.29) is 0 Å². The fourth-order valence-corrected chi connectivity index (χ4v) is 2.03. The summed E-state index contributed by atoms with van der Waals surface area (Å²) in [4.78, 5) is 11.0. The number of hydrogen-bond donors (Lipinski definition) is 1. The van der Waals surface area contributed by atoms with Crippen LogP contribution in [0.3, 0.4) is 0 Å². The SMILES string of the molecule is Cc1ccc2nc(N)n(CCCCN(C)C)c2n1. The molecular formula is C13H21N5. The second kappa shape index (κ2) is 5.35. The van der Waals surface area contributed by atoms with Gasteiger partial charge < -0.3 is 10.6 Å². The zero-order valence-corrected chi connectivity index (χ0v) is 11.3. The van der Waals surface area contributed by atoms with Crippen molar-refractivity contribution in [2.45, 2.75) is 26.3 Å². The standard InChI is InChI=1S/C13H21N5/c1-10-6-7-11-12(15-10)18(13(14)16-11)9-5-4-8-17(2)3/h6-7H,4-5,8-9H2,1-3H3,(H2,14,16). The number of nitrogens with zero attached hydrogens (tertiary/aromatic N) is 4. The molecule has 98 valence electrons. The van der Waals surface area contributed by atoms with Gasteiger partial charge >= 0.3 is 0 Å². The Kier molecular flexibility index (Phi) is 3.81. The summed E-state index contributed by atoms with van der Waals surface area (Å²) in [6.07, 6.45) is 2.24. The molecule has 0 saturated heterocycles. The van der Waals surface area contributed by atoms with Gasteiger partial charge in [-0.1, -0.05) is 0 Å². The van der Waals surface area contributed by atoms with Crippen molar-refractivity contribution >= 4 is 17.1 Å². The lowest BCUT2D eigenvalue weighted by Gasteiger charge is -2.10. The number of rotatable bonds is 5. The number of aromatic nitrogens is 3. The van der Waals surface area contributed by atoms with Crippen molar-refractivity contribution in [3.05, 3.63) is 17.8 Å². The van der Waals surface area contributed by atoms with Crippen molar-refractivity contribution in [2.24, 2.45) is 0 Å². The van der Waals surface area contributed by atoms with E-state index in [1.54, 1.807) is 0 Å². The predicted molar refractivity (Wildman–Crippen MR) is 74.5 cm³/mol. The Morgan fingerprint density at radius 2 is 2.00 bits per heavy atom. The molecule has 0 aromatic carbocycles. The van der Waals surface area contributed by atoms with Gasteiger partial charge in [-0.05, 0) is 52.5 Å². The Morgan fingerprint density at radius 3 is 2.72 bits per heavy atom. The smallest absolute Gasteiger partial charge is 0.202 e. The van der Waals surface area contributed by atoms with Gasteiger partial charge in [0.05, 0.1) is 0 Å². The summed E-state index contributed by atoms with van der Waals surface area (Å²) in [5.74, 6) is 0.563. The Morgan fingerprint density at radius 1 is 1.22 bits per heavy atom. The number of aryl methyl sites for hydroxylation is 2. The molecule has 18 heavy (non-hydrogen) atoms. The Balaban J connectivity index is 2.12. The summed E-state index contributed by atoms with van der Waals surface area (Å²) in [6.45, 7) is 3.96. The zero-order valence-electron chi connectivity index (χ0n) is 11.3. The van der Waals surface area contributed by atoms with Crippen LogP contribution in [0.5, 0.6) is 0 Å². The average molecular weight is 247 g/mol. The summed E-state index contributed by atoms with van der Waals surface area (Å²) in [7, 11) is 4.18. The van der Waals surface area contributed by atoms with Crippen LogP contribution in [-0.4, -0.2) is 40.1 Å². The van der Waals surface area contributed by atoms with E-state index in [4.69, 9.17) is 5.73 Å². The Labute approximate surface area is 108 Å². The van der Waals surface area contributed by atoms with Crippen LogP contribution in [0.1, 0.15) is 18.5 Å².